The molecule has 0 atom stereocenters. The lowest BCUT2D eigenvalue weighted by molar-refractivity contribution is -0.110. The summed E-state index contributed by atoms with van der Waals surface area (Å²) in [4.78, 5) is 10.8. The number of ketones is 1. The van der Waals surface area contributed by atoms with Crippen molar-refractivity contribution in [3.8, 4) is 0 Å². The van der Waals surface area contributed by atoms with Crippen LogP contribution in [-0.4, -0.2) is 24.4 Å². The molecule has 0 saturated heterocycles. The highest BCUT2D eigenvalue weighted by Gasteiger charge is 2.32. The summed E-state index contributed by atoms with van der Waals surface area (Å²) >= 11 is 0. The van der Waals surface area contributed by atoms with Gasteiger partial charge in [0.2, 0.25) is 0 Å². The predicted octanol–water partition coefficient (Wildman–Crippen LogP) is 1.82. The molecule has 0 radical (unpaired) electrons. The minimum Gasteiger partial charge on any atom is -0.304 e. The van der Waals surface area contributed by atoms with Crippen molar-refractivity contribution >= 4 is 18.8 Å². The lowest BCUT2D eigenvalue weighted by Gasteiger charge is -2.15. The van der Waals surface area contributed by atoms with Crippen molar-refractivity contribution in [2.24, 2.45) is 0 Å². The van der Waals surface area contributed by atoms with Crippen LogP contribution in [0.15, 0.2) is 0 Å². The van der Waals surface area contributed by atoms with Crippen LogP contribution in [0.4, 0.5) is 0 Å². The van der Waals surface area contributed by atoms with Crippen LogP contribution in [0.2, 0.25) is 0 Å². The maximum absolute atomic E-state index is 11.7. The van der Waals surface area contributed by atoms with Crippen LogP contribution in [0.3, 0.4) is 0 Å². The second-order valence-electron chi connectivity index (χ2n) is 2.24. The molecule has 1 N–H and O–H groups in total. The number of hydrogen-bond donors (Lipinski definition) is 1. The lowest BCUT2D eigenvalue weighted by Crippen LogP contribution is -2.13. The molecule has 0 amide bonds. The van der Waals surface area contributed by atoms with E-state index < -0.39 is 18.8 Å². The zero-order valence-corrected chi connectivity index (χ0v) is 8.89. The number of Topliss-reactive ketones (excluding diaryl/α,β-unsaturated/α-hetero) is 1. The quantitative estimate of drug-likeness (QED) is 0.532. The summed E-state index contributed by atoms with van der Waals surface area (Å²) in [5, 5.41) is 7.24. The van der Waals surface area contributed by atoms with Crippen molar-refractivity contribution in [1.29, 1.82) is 5.41 Å². The number of carbonyl (C=O) groups excluding carboxylic acids is 1. The molecular weight excluding hydrogens is 193 g/mol. The Kier molecular flexibility index (Phi) is 5.06. The van der Waals surface area contributed by atoms with Gasteiger partial charge >= 0.3 is 7.60 Å². The summed E-state index contributed by atoms with van der Waals surface area (Å²) in [5.41, 5.74) is -0.587. The minimum absolute atomic E-state index is 0.146. The Bertz CT molecular complexity index is 241. The molecule has 0 saturated carbocycles. The SMILES string of the molecule is CCOP(=O)(OCC)C(=N)C(C)=O. The van der Waals surface area contributed by atoms with Crippen molar-refractivity contribution < 1.29 is 18.4 Å². The summed E-state index contributed by atoms with van der Waals surface area (Å²) in [6.07, 6.45) is 0. The molecule has 0 aromatic carbocycles. The van der Waals surface area contributed by atoms with Crippen molar-refractivity contribution in [3.05, 3.63) is 0 Å². The number of rotatable bonds is 6. The van der Waals surface area contributed by atoms with E-state index in [1.807, 2.05) is 0 Å². The van der Waals surface area contributed by atoms with Gasteiger partial charge in [-0.2, -0.15) is 0 Å². The monoisotopic (exact) mass is 207 g/mol. The summed E-state index contributed by atoms with van der Waals surface area (Å²) in [5.74, 6) is -0.592. The van der Waals surface area contributed by atoms with Gasteiger partial charge in [-0.05, 0) is 13.8 Å². The van der Waals surface area contributed by atoms with E-state index >= 15 is 0 Å². The molecule has 0 heterocycles. The van der Waals surface area contributed by atoms with Gasteiger partial charge in [-0.25, -0.2) is 0 Å². The van der Waals surface area contributed by atoms with Crippen molar-refractivity contribution in [3.63, 3.8) is 0 Å². The number of hydrogen-bond acceptors (Lipinski definition) is 5. The van der Waals surface area contributed by atoms with E-state index in [2.05, 4.69) is 0 Å². The van der Waals surface area contributed by atoms with Crippen LogP contribution in [0.25, 0.3) is 0 Å². The maximum Gasteiger partial charge on any atom is 0.382 e. The van der Waals surface area contributed by atoms with Crippen LogP contribution >= 0.6 is 7.60 Å². The molecular formula is C7H14NO4P. The van der Waals surface area contributed by atoms with Gasteiger partial charge in [0.05, 0.1) is 13.2 Å². The molecule has 0 aliphatic carbocycles. The van der Waals surface area contributed by atoms with Crippen LogP contribution in [-0.2, 0) is 18.4 Å². The lowest BCUT2D eigenvalue weighted by atomic mass is 10.5. The average Bonchev–Trinajstić information content (AvgIpc) is 2.03. The van der Waals surface area contributed by atoms with Gasteiger partial charge in [0.15, 0.2) is 11.2 Å². The van der Waals surface area contributed by atoms with Crippen molar-refractivity contribution in [1.82, 2.24) is 0 Å². The molecule has 6 heteroatoms. The Morgan fingerprint density at radius 1 is 1.31 bits per heavy atom. The summed E-state index contributed by atoms with van der Waals surface area (Å²) in [7, 11) is -3.63. The Labute approximate surface area is 77.5 Å². The molecule has 0 aromatic rings. The van der Waals surface area contributed by atoms with Crippen molar-refractivity contribution in [2.45, 2.75) is 20.8 Å². The van der Waals surface area contributed by atoms with E-state index in [9.17, 15) is 9.36 Å². The molecule has 0 fully saturated rings. The highest BCUT2D eigenvalue weighted by Crippen LogP contribution is 2.49. The highest BCUT2D eigenvalue weighted by atomic mass is 31.2. The molecule has 13 heavy (non-hydrogen) atoms. The van der Waals surface area contributed by atoms with Gasteiger partial charge in [-0.1, -0.05) is 0 Å². The van der Waals surface area contributed by atoms with Gasteiger partial charge in [0.1, 0.15) is 0 Å². The third-order valence-corrected chi connectivity index (χ3v) is 3.26. The third kappa shape index (κ3) is 3.38. The first-order valence-corrected chi connectivity index (χ1v) is 5.51. The largest absolute Gasteiger partial charge is 0.382 e. The molecule has 0 spiro atoms. The smallest absolute Gasteiger partial charge is 0.304 e. The Hall–Kier alpha value is -0.510. The van der Waals surface area contributed by atoms with E-state index in [1.54, 1.807) is 13.8 Å². The second-order valence-corrected chi connectivity index (χ2v) is 4.20. The molecule has 0 rings (SSSR count). The van der Waals surface area contributed by atoms with E-state index in [0.717, 1.165) is 6.92 Å². The van der Waals surface area contributed by atoms with Gasteiger partial charge in [-0.15, -0.1) is 0 Å². The summed E-state index contributed by atoms with van der Waals surface area (Å²) in [6.45, 7) is 4.70. The number of nitrogens with one attached hydrogen (secondary N) is 1. The third-order valence-electron chi connectivity index (χ3n) is 1.21. The average molecular weight is 207 g/mol. The zero-order chi connectivity index (χ0) is 10.5. The fourth-order valence-electron chi connectivity index (χ4n) is 0.699. The Morgan fingerprint density at radius 2 is 1.69 bits per heavy atom. The standard InChI is InChI=1S/C7H14NO4P/c1-4-11-13(10,12-5-2)7(8)6(3)9/h8H,4-5H2,1-3H3. The second kappa shape index (κ2) is 5.27. The molecule has 0 aliphatic heterocycles. The highest BCUT2D eigenvalue weighted by molar-refractivity contribution is 7.75. The van der Waals surface area contributed by atoms with Crippen molar-refractivity contribution in [2.75, 3.05) is 13.2 Å². The van der Waals surface area contributed by atoms with Gasteiger partial charge in [-0.3, -0.25) is 14.8 Å². The zero-order valence-electron chi connectivity index (χ0n) is 7.99. The minimum atomic E-state index is -3.63. The van der Waals surface area contributed by atoms with E-state index in [0.29, 0.717) is 0 Å². The van der Waals surface area contributed by atoms with Crippen LogP contribution < -0.4 is 0 Å². The van der Waals surface area contributed by atoms with E-state index in [1.165, 1.54) is 0 Å². The molecule has 0 aliphatic rings. The normalized spacial score (nSPS) is 11.3. The molecule has 76 valence electrons. The van der Waals surface area contributed by atoms with E-state index in [4.69, 9.17) is 14.5 Å². The summed E-state index contributed by atoms with van der Waals surface area (Å²) < 4.78 is 21.2. The Balaban J connectivity index is 4.68. The molecule has 5 nitrogen and oxygen atoms in total. The fraction of sp³-hybridized carbons (Fsp3) is 0.714. The first-order valence-electron chi connectivity index (χ1n) is 3.97. The molecule has 0 aromatic heterocycles. The van der Waals surface area contributed by atoms with Gasteiger partial charge in [0.25, 0.3) is 0 Å². The van der Waals surface area contributed by atoms with Gasteiger partial charge < -0.3 is 9.05 Å². The predicted molar refractivity (Wildman–Crippen MR) is 49.3 cm³/mol. The Morgan fingerprint density at radius 3 is 1.92 bits per heavy atom. The van der Waals surface area contributed by atoms with Crippen LogP contribution in [0.1, 0.15) is 20.8 Å². The van der Waals surface area contributed by atoms with E-state index in [-0.39, 0.29) is 13.2 Å². The van der Waals surface area contributed by atoms with Crippen LogP contribution in [0.5, 0.6) is 0 Å². The van der Waals surface area contributed by atoms with Gasteiger partial charge in [0, 0.05) is 6.92 Å². The fourth-order valence-corrected chi connectivity index (χ4v) is 2.10. The first-order chi connectivity index (χ1) is 5.98. The molecule has 0 unspecified atom stereocenters. The number of carbonyl (C=O) groups is 1. The molecule has 0 bridgehead atoms. The van der Waals surface area contributed by atoms with Crippen LogP contribution in [0, 0.1) is 5.41 Å². The topological polar surface area (TPSA) is 76.5 Å². The first kappa shape index (κ1) is 12.5. The maximum atomic E-state index is 11.7. The summed E-state index contributed by atoms with van der Waals surface area (Å²) in [6, 6.07) is 0.